The van der Waals surface area contributed by atoms with E-state index in [9.17, 15) is 8.42 Å². The molecule has 0 aromatic rings. The van der Waals surface area contributed by atoms with Crippen LogP contribution >= 0.6 is 0 Å². The highest BCUT2D eigenvalue weighted by atomic mass is 32.2. The molecule has 1 aliphatic rings. The van der Waals surface area contributed by atoms with E-state index in [1.165, 1.54) is 0 Å². The van der Waals surface area contributed by atoms with E-state index in [1.54, 1.807) is 6.92 Å². The third-order valence-electron chi connectivity index (χ3n) is 3.31. The average molecular weight is 233 g/mol. The van der Waals surface area contributed by atoms with Crippen molar-refractivity contribution in [1.29, 1.82) is 0 Å². The predicted molar refractivity (Wildman–Crippen MR) is 63.8 cm³/mol. The summed E-state index contributed by atoms with van der Waals surface area (Å²) in [6.07, 6.45) is 2.08. The van der Waals surface area contributed by atoms with Gasteiger partial charge in [0.2, 0.25) is 0 Å². The summed E-state index contributed by atoms with van der Waals surface area (Å²) >= 11 is 0. The lowest BCUT2D eigenvalue weighted by Gasteiger charge is -2.34. The lowest BCUT2D eigenvalue weighted by atomic mass is 9.98. The van der Waals surface area contributed by atoms with Crippen LogP contribution in [0.25, 0.3) is 0 Å². The highest BCUT2D eigenvalue weighted by Gasteiger charge is 2.24. The molecular weight excluding hydrogens is 210 g/mol. The molecule has 1 rings (SSSR count). The van der Waals surface area contributed by atoms with Crippen molar-refractivity contribution in [3.05, 3.63) is 0 Å². The predicted octanol–water partition coefficient (Wildman–Crippen LogP) is 1.54. The van der Waals surface area contributed by atoms with Crippen LogP contribution < -0.4 is 0 Å². The van der Waals surface area contributed by atoms with Crippen molar-refractivity contribution in [3.63, 3.8) is 0 Å². The monoisotopic (exact) mass is 233 g/mol. The molecule has 1 aliphatic heterocycles. The Kier molecular flexibility index (Phi) is 4.59. The molecule has 0 saturated carbocycles. The third kappa shape index (κ3) is 4.11. The number of rotatable bonds is 4. The molecule has 0 radical (unpaired) electrons. The number of piperidine rings is 1. The Morgan fingerprint density at radius 1 is 1.27 bits per heavy atom. The van der Waals surface area contributed by atoms with E-state index >= 15 is 0 Å². The van der Waals surface area contributed by atoms with E-state index in [0.29, 0.717) is 17.7 Å². The van der Waals surface area contributed by atoms with Crippen molar-refractivity contribution >= 4 is 9.84 Å². The van der Waals surface area contributed by atoms with Gasteiger partial charge in [0.05, 0.1) is 5.75 Å². The zero-order valence-corrected chi connectivity index (χ0v) is 10.9. The number of hydrogen-bond donors (Lipinski definition) is 0. The van der Waals surface area contributed by atoms with Crippen molar-refractivity contribution in [1.82, 2.24) is 4.90 Å². The van der Waals surface area contributed by atoms with E-state index < -0.39 is 9.84 Å². The third-order valence-corrected chi connectivity index (χ3v) is 5.17. The maximum Gasteiger partial charge on any atom is 0.150 e. The van der Waals surface area contributed by atoms with Crippen molar-refractivity contribution in [2.75, 3.05) is 24.6 Å². The first-order valence-corrected chi connectivity index (χ1v) is 7.71. The Morgan fingerprint density at radius 3 is 2.20 bits per heavy atom. The molecule has 0 bridgehead atoms. The van der Waals surface area contributed by atoms with E-state index in [-0.39, 0.29) is 5.75 Å². The summed E-state index contributed by atoms with van der Waals surface area (Å²) in [6.45, 7) is 8.24. The largest absolute Gasteiger partial charge is 0.301 e. The van der Waals surface area contributed by atoms with E-state index in [1.807, 2.05) is 0 Å². The topological polar surface area (TPSA) is 37.4 Å². The molecule has 0 spiro atoms. The Hall–Kier alpha value is -0.0900. The van der Waals surface area contributed by atoms with Crippen LogP contribution in [0.5, 0.6) is 0 Å². The zero-order chi connectivity index (χ0) is 11.5. The van der Waals surface area contributed by atoms with Gasteiger partial charge in [0.15, 0.2) is 0 Å². The van der Waals surface area contributed by atoms with Gasteiger partial charge in [0, 0.05) is 11.8 Å². The van der Waals surface area contributed by atoms with Gasteiger partial charge in [-0.2, -0.15) is 0 Å². The summed E-state index contributed by atoms with van der Waals surface area (Å²) in [7, 11) is -2.78. The fourth-order valence-electron chi connectivity index (χ4n) is 2.11. The highest BCUT2D eigenvalue weighted by Crippen LogP contribution is 2.20. The Morgan fingerprint density at radius 2 is 1.80 bits per heavy atom. The average Bonchev–Trinajstić information content (AvgIpc) is 2.18. The van der Waals surface area contributed by atoms with Crippen LogP contribution in [-0.4, -0.2) is 44.0 Å². The van der Waals surface area contributed by atoms with Crippen LogP contribution in [0.3, 0.4) is 0 Å². The molecule has 0 amide bonds. The number of sulfone groups is 1. The van der Waals surface area contributed by atoms with Gasteiger partial charge in [-0.3, -0.25) is 0 Å². The molecule has 0 aromatic heterocycles. The first-order chi connectivity index (χ1) is 6.94. The molecule has 4 heteroatoms. The summed E-state index contributed by atoms with van der Waals surface area (Å²) in [5.41, 5.74) is 0. The number of nitrogens with zero attached hydrogens (tertiary/aromatic N) is 1. The molecule has 0 N–H and O–H groups in total. The molecular formula is C11H23NO2S. The molecule has 0 aliphatic carbocycles. The molecule has 0 unspecified atom stereocenters. The smallest absolute Gasteiger partial charge is 0.150 e. The summed E-state index contributed by atoms with van der Waals surface area (Å²) in [5.74, 6) is 1.08. The van der Waals surface area contributed by atoms with Crippen LogP contribution in [0.2, 0.25) is 0 Å². The van der Waals surface area contributed by atoms with Gasteiger partial charge in [0.25, 0.3) is 0 Å². The van der Waals surface area contributed by atoms with E-state index in [0.717, 1.165) is 25.9 Å². The van der Waals surface area contributed by atoms with Crippen LogP contribution in [0.4, 0.5) is 0 Å². The fourth-order valence-corrected chi connectivity index (χ4v) is 3.40. The molecule has 3 nitrogen and oxygen atoms in total. The second kappa shape index (κ2) is 5.30. The van der Waals surface area contributed by atoms with Crippen LogP contribution in [-0.2, 0) is 9.84 Å². The second-order valence-corrected chi connectivity index (χ2v) is 7.17. The summed E-state index contributed by atoms with van der Waals surface area (Å²) in [5, 5.41) is 0. The lowest BCUT2D eigenvalue weighted by molar-refractivity contribution is 0.157. The minimum atomic E-state index is -2.78. The number of hydrogen-bond acceptors (Lipinski definition) is 3. The highest BCUT2D eigenvalue weighted by molar-refractivity contribution is 7.91. The first kappa shape index (κ1) is 13.0. The van der Waals surface area contributed by atoms with Gasteiger partial charge in [-0.25, -0.2) is 8.42 Å². The maximum absolute atomic E-state index is 11.5. The molecule has 90 valence electrons. The van der Waals surface area contributed by atoms with Gasteiger partial charge >= 0.3 is 0 Å². The van der Waals surface area contributed by atoms with Crippen LogP contribution in [0.1, 0.15) is 33.6 Å². The van der Waals surface area contributed by atoms with Crippen molar-refractivity contribution < 1.29 is 8.42 Å². The standard InChI is InChI=1S/C11H23NO2S/c1-4-15(13,14)9-11-5-7-12(8-6-11)10(2)3/h10-11H,4-9H2,1-3H3. The maximum atomic E-state index is 11.5. The minimum Gasteiger partial charge on any atom is -0.301 e. The summed E-state index contributed by atoms with van der Waals surface area (Å²) in [4.78, 5) is 2.43. The Labute approximate surface area is 93.8 Å². The second-order valence-electron chi connectivity index (χ2n) is 4.77. The lowest BCUT2D eigenvalue weighted by Crippen LogP contribution is -2.40. The molecule has 1 fully saturated rings. The zero-order valence-electron chi connectivity index (χ0n) is 10.1. The number of likely N-dealkylation sites (tertiary alicyclic amines) is 1. The Balaban J connectivity index is 2.38. The molecule has 15 heavy (non-hydrogen) atoms. The SMILES string of the molecule is CCS(=O)(=O)CC1CCN(C(C)C)CC1. The van der Waals surface area contributed by atoms with Crippen molar-refractivity contribution in [2.45, 2.75) is 39.7 Å². The normalized spacial score (nSPS) is 21.1. The molecule has 0 aromatic carbocycles. The quantitative estimate of drug-likeness (QED) is 0.739. The van der Waals surface area contributed by atoms with Gasteiger partial charge in [0.1, 0.15) is 9.84 Å². The molecule has 0 atom stereocenters. The Bertz CT molecular complexity index is 277. The minimum absolute atomic E-state index is 0.289. The first-order valence-electron chi connectivity index (χ1n) is 5.89. The van der Waals surface area contributed by atoms with Gasteiger partial charge in [-0.1, -0.05) is 6.92 Å². The van der Waals surface area contributed by atoms with Gasteiger partial charge in [-0.05, 0) is 45.7 Å². The summed E-state index contributed by atoms with van der Waals surface area (Å²) < 4.78 is 22.9. The fraction of sp³-hybridized carbons (Fsp3) is 1.00. The summed E-state index contributed by atoms with van der Waals surface area (Å²) in [6, 6.07) is 0.591. The molecule has 1 heterocycles. The molecule has 1 saturated heterocycles. The van der Waals surface area contributed by atoms with E-state index in [4.69, 9.17) is 0 Å². The van der Waals surface area contributed by atoms with Gasteiger partial charge < -0.3 is 4.90 Å². The van der Waals surface area contributed by atoms with Crippen LogP contribution in [0, 0.1) is 5.92 Å². The van der Waals surface area contributed by atoms with E-state index in [2.05, 4.69) is 18.7 Å². The van der Waals surface area contributed by atoms with Crippen LogP contribution in [0.15, 0.2) is 0 Å². The van der Waals surface area contributed by atoms with Crippen molar-refractivity contribution in [3.8, 4) is 0 Å². The van der Waals surface area contributed by atoms with Gasteiger partial charge in [-0.15, -0.1) is 0 Å². The van der Waals surface area contributed by atoms with Crippen molar-refractivity contribution in [2.24, 2.45) is 5.92 Å².